The Morgan fingerprint density at radius 2 is 2.07 bits per heavy atom. The second-order valence-corrected chi connectivity index (χ2v) is 4.02. The van der Waals surface area contributed by atoms with Crippen molar-refractivity contribution < 1.29 is 5.11 Å². The lowest BCUT2D eigenvalue weighted by molar-refractivity contribution is 0.476. The van der Waals surface area contributed by atoms with Gasteiger partial charge >= 0.3 is 0 Å². The highest BCUT2D eigenvalue weighted by Gasteiger charge is 2.01. The Bertz CT molecular complexity index is 445. The summed E-state index contributed by atoms with van der Waals surface area (Å²) in [5, 5.41) is 10.4. The van der Waals surface area contributed by atoms with Crippen molar-refractivity contribution in [2.24, 2.45) is 0 Å². The van der Waals surface area contributed by atoms with Gasteiger partial charge in [-0.25, -0.2) is 0 Å². The quantitative estimate of drug-likeness (QED) is 0.732. The molecule has 15 heavy (non-hydrogen) atoms. The van der Waals surface area contributed by atoms with Crippen LogP contribution in [0.4, 0.5) is 0 Å². The molecule has 0 amide bonds. The lowest BCUT2D eigenvalue weighted by Gasteiger charge is -1.95. The third kappa shape index (κ3) is 2.32. The molecule has 0 unspecified atom stereocenters. The minimum atomic E-state index is 0.335. The molecule has 2 heteroatoms. The third-order valence-corrected chi connectivity index (χ3v) is 2.71. The van der Waals surface area contributed by atoms with E-state index in [2.05, 4.69) is 18.0 Å². The topological polar surface area (TPSA) is 36.0 Å². The number of aromatic nitrogens is 1. The van der Waals surface area contributed by atoms with E-state index < -0.39 is 0 Å². The van der Waals surface area contributed by atoms with Crippen molar-refractivity contribution >= 4 is 10.9 Å². The molecule has 2 N–H and O–H groups in total. The van der Waals surface area contributed by atoms with Crippen LogP contribution >= 0.6 is 0 Å². The smallest absolute Gasteiger partial charge is 0.116 e. The molecule has 0 radical (unpaired) electrons. The molecule has 1 aromatic heterocycles. The molecule has 2 aromatic rings. The van der Waals surface area contributed by atoms with Gasteiger partial charge in [0, 0.05) is 16.6 Å². The van der Waals surface area contributed by atoms with E-state index in [1.54, 1.807) is 12.1 Å². The van der Waals surface area contributed by atoms with E-state index in [-0.39, 0.29) is 0 Å². The second-order valence-electron chi connectivity index (χ2n) is 4.02. The van der Waals surface area contributed by atoms with Crippen LogP contribution in [0.2, 0.25) is 0 Å². The Balaban J connectivity index is 2.16. The van der Waals surface area contributed by atoms with Crippen molar-refractivity contribution in [3.05, 3.63) is 30.0 Å². The van der Waals surface area contributed by atoms with E-state index in [0.717, 1.165) is 17.3 Å². The van der Waals surface area contributed by atoms with Gasteiger partial charge in [0.2, 0.25) is 0 Å². The first-order chi connectivity index (χ1) is 7.29. The van der Waals surface area contributed by atoms with E-state index in [1.807, 2.05) is 6.07 Å². The fourth-order valence-corrected chi connectivity index (χ4v) is 1.88. The van der Waals surface area contributed by atoms with Gasteiger partial charge in [0.1, 0.15) is 5.75 Å². The van der Waals surface area contributed by atoms with Gasteiger partial charge in [-0.05, 0) is 37.1 Å². The van der Waals surface area contributed by atoms with Crippen LogP contribution in [0.25, 0.3) is 10.9 Å². The Hall–Kier alpha value is -1.44. The molecule has 0 aliphatic heterocycles. The van der Waals surface area contributed by atoms with Crippen LogP contribution in [0.3, 0.4) is 0 Å². The van der Waals surface area contributed by atoms with Crippen LogP contribution in [-0.2, 0) is 6.42 Å². The van der Waals surface area contributed by atoms with Gasteiger partial charge in [0.05, 0.1) is 0 Å². The molecule has 0 saturated carbocycles. The van der Waals surface area contributed by atoms with Gasteiger partial charge in [-0.15, -0.1) is 0 Å². The van der Waals surface area contributed by atoms with Crippen molar-refractivity contribution in [1.29, 1.82) is 0 Å². The normalized spacial score (nSPS) is 11.0. The molecule has 0 saturated heterocycles. The number of aromatic hydroxyl groups is 1. The number of hydrogen-bond donors (Lipinski definition) is 2. The number of H-pyrrole nitrogens is 1. The van der Waals surface area contributed by atoms with Crippen molar-refractivity contribution in [2.45, 2.75) is 32.6 Å². The number of aryl methyl sites for hydroxylation is 1. The Labute approximate surface area is 89.9 Å². The summed E-state index contributed by atoms with van der Waals surface area (Å²) in [6.45, 7) is 2.21. The number of nitrogens with one attached hydrogen (secondary N) is 1. The van der Waals surface area contributed by atoms with Gasteiger partial charge in [0.25, 0.3) is 0 Å². The molecule has 80 valence electrons. The molecule has 0 fully saturated rings. The van der Waals surface area contributed by atoms with Gasteiger partial charge in [-0.2, -0.15) is 0 Å². The highest BCUT2D eigenvalue weighted by molar-refractivity contribution is 5.81. The fraction of sp³-hybridized carbons (Fsp3) is 0.385. The number of phenolic OH excluding ortho intramolecular Hbond substituents is 1. The number of aromatic amines is 1. The largest absolute Gasteiger partial charge is 0.508 e. The number of fused-ring (bicyclic) bond motifs is 1. The summed E-state index contributed by atoms with van der Waals surface area (Å²) in [7, 11) is 0. The molecular formula is C13H17NO. The minimum absolute atomic E-state index is 0.335. The summed E-state index contributed by atoms with van der Waals surface area (Å²) >= 11 is 0. The predicted octanol–water partition coefficient (Wildman–Crippen LogP) is 3.61. The Morgan fingerprint density at radius 3 is 2.87 bits per heavy atom. The zero-order valence-corrected chi connectivity index (χ0v) is 9.09. The van der Waals surface area contributed by atoms with E-state index in [4.69, 9.17) is 0 Å². The summed E-state index contributed by atoms with van der Waals surface area (Å²) < 4.78 is 0. The van der Waals surface area contributed by atoms with Crippen LogP contribution in [0, 0.1) is 0 Å². The number of unbranched alkanes of at least 4 members (excludes halogenated alkanes) is 2. The van der Waals surface area contributed by atoms with Crippen LogP contribution in [-0.4, -0.2) is 10.1 Å². The van der Waals surface area contributed by atoms with Crippen molar-refractivity contribution in [3.8, 4) is 5.75 Å². The zero-order valence-electron chi connectivity index (χ0n) is 9.09. The number of phenols is 1. The first-order valence-corrected chi connectivity index (χ1v) is 5.60. The molecule has 1 aromatic carbocycles. The van der Waals surface area contributed by atoms with E-state index in [1.165, 1.54) is 25.0 Å². The van der Waals surface area contributed by atoms with Crippen LogP contribution in [0.1, 0.15) is 31.9 Å². The molecule has 0 bridgehead atoms. The van der Waals surface area contributed by atoms with Crippen LogP contribution < -0.4 is 0 Å². The van der Waals surface area contributed by atoms with Crippen molar-refractivity contribution in [2.75, 3.05) is 0 Å². The molecular weight excluding hydrogens is 186 g/mol. The molecule has 0 aliphatic rings. The summed E-state index contributed by atoms with van der Waals surface area (Å²) in [4.78, 5) is 3.37. The van der Waals surface area contributed by atoms with E-state index >= 15 is 0 Å². The highest BCUT2D eigenvalue weighted by atomic mass is 16.3. The van der Waals surface area contributed by atoms with Crippen molar-refractivity contribution in [1.82, 2.24) is 4.98 Å². The SMILES string of the molecule is CCCCCc1cc2cc(O)ccc2[nH]1. The second kappa shape index (κ2) is 4.39. The summed E-state index contributed by atoms with van der Waals surface area (Å²) in [6.07, 6.45) is 4.86. The van der Waals surface area contributed by atoms with Crippen molar-refractivity contribution in [3.63, 3.8) is 0 Å². The van der Waals surface area contributed by atoms with E-state index in [9.17, 15) is 5.11 Å². The molecule has 1 heterocycles. The van der Waals surface area contributed by atoms with Gasteiger partial charge < -0.3 is 10.1 Å². The highest BCUT2D eigenvalue weighted by Crippen LogP contribution is 2.21. The monoisotopic (exact) mass is 203 g/mol. The first-order valence-electron chi connectivity index (χ1n) is 5.60. The number of benzene rings is 1. The van der Waals surface area contributed by atoms with Gasteiger partial charge in [-0.3, -0.25) is 0 Å². The average molecular weight is 203 g/mol. The lowest BCUT2D eigenvalue weighted by atomic mass is 10.1. The summed E-state index contributed by atoms with van der Waals surface area (Å²) in [6, 6.07) is 7.57. The lowest BCUT2D eigenvalue weighted by Crippen LogP contribution is -1.84. The molecule has 0 aliphatic carbocycles. The Morgan fingerprint density at radius 1 is 1.20 bits per heavy atom. The van der Waals surface area contributed by atoms with E-state index in [0.29, 0.717) is 5.75 Å². The maximum Gasteiger partial charge on any atom is 0.116 e. The standard InChI is InChI=1S/C13H17NO/c1-2-3-4-5-11-8-10-9-12(15)6-7-13(10)14-11/h6-9,14-15H,2-5H2,1H3. The zero-order chi connectivity index (χ0) is 10.7. The van der Waals surface area contributed by atoms with Crippen LogP contribution in [0.5, 0.6) is 5.75 Å². The molecule has 0 atom stereocenters. The minimum Gasteiger partial charge on any atom is -0.508 e. The maximum absolute atomic E-state index is 9.34. The first kappa shape index (κ1) is 10.1. The molecule has 2 nitrogen and oxygen atoms in total. The van der Waals surface area contributed by atoms with Gasteiger partial charge in [-0.1, -0.05) is 19.8 Å². The van der Waals surface area contributed by atoms with Crippen LogP contribution in [0.15, 0.2) is 24.3 Å². The predicted molar refractivity (Wildman–Crippen MR) is 63.2 cm³/mol. The Kier molecular flexibility index (Phi) is 2.95. The average Bonchev–Trinajstić information content (AvgIpc) is 2.60. The fourth-order valence-electron chi connectivity index (χ4n) is 1.88. The third-order valence-electron chi connectivity index (χ3n) is 2.71. The number of hydrogen-bond acceptors (Lipinski definition) is 1. The van der Waals surface area contributed by atoms with Gasteiger partial charge in [0.15, 0.2) is 0 Å². The maximum atomic E-state index is 9.34. The summed E-state index contributed by atoms with van der Waals surface area (Å²) in [5.74, 6) is 0.335. The molecule has 0 spiro atoms. The number of rotatable bonds is 4. The summed E-state index contributed by atoms with van der Waals surface area (Å²) in [5.41, 5.74) is 2.38. The molecule has 2 rings (SSSR count).